The Morgan fingerprint density at radius 2 is 1.72 bits per heavy atom. The molecular formula is C19H17N5O. The molecule has 25 heavy (non-hydrogen) atoms. The Labute approximate surface area is 146 Å². The zero-order chi connectivity index (χ0) is 17.5. The molecule has 2 aromatic carbocycles. The van der Waals surface area contributed by atoms with Gasteiger partial charge in [0.2, 0.25) is 0 Å². The summed E-state index contributed by atoms with van der Waals surface area (Å²) in [7, 11) is 1.65. The van der Waals surface area contributed by atoms with Crippen molar-refractivity contribution in [3.8, 4) is 11.8 Å². The molecule has 0 fully saturated rings. The summed E-state index contributed by atoms with van der Waals surface area (Å²) in [6.45, 7) is 0.650. The lowest BCUT2D eigenvalue weighted by Gasteiger charge is -2.09. The summed E-state index contributed by atoms with van der Waals surface area (Å²) in [4.78, 5) is 8.44. The van der Waals surface area contributed by atoms with Crippen LogP contribution in [0.5, 0.6) is 5.75 Å². The van der Waals surface area contributed by atoms with Gasteiger partial charge >= 0.3 is 0 Å². The van der Waals surface area contributed by atoms with Crippen LogP contribution in [0.3, 0.4) is 0 Å². The summed E-state index contributed by atoms with van der Waals surface area (Å²) in [5.41, 5.74) is 2.61. The average Bonchev–Trinajstić information content (AvgIpc) is 2.68. The molecule has 2 N–H and O–H groups in total. The van der Waals surface area contributed by atoms with Crippen LogP contribution in [0.2, 0.25) is 0 Å². The van der Waals surface area contributed by atoms with Crippen LogP contribution in [0, 0.1) is 11.3 Å². The molecule has 3 aromatic rings. The van der Waals surface area contributed by atoms with Crippen molar-refractivity contribution in [3.05, 3.63) is 72.1 Å². The first kappa shape index (κ1) is 16.3. The van der Waals surface area contributed by atoms with E-state index < -0.39 is 0 Å². The van der Waals surface area contributed by atoms with Gasteiger partial charge in [-0.3, -0.25) is 0 Å². The molecule has 124 valence electrons. The van der Waals surface area contributed by atoms with E-state index >= 15 is 0 Å². The zero-order valence-corrected chi connectivity index (χ0v) is 13.7. The van der Waals surface area contributed by atoms with Gasteiger partial charge in [-0.25, -0.2) is 9.97 Å². The predicted octanol–water partition coefficient (Wildman–Crippen LogP) is 3.71. The van der Waals surface area contributed by atoms with Crippen molar-refractivity contribution in [2.24, 2.45) is 0 Å². The normalized spacial score (nSPS) is 9.92. The second-order valence-electron chi connectivity index (χ2n) is 5.30. The maximum Gasteiger partial charge on any atom is 0.135 e. The summed E-state index contributed by atoms with van der Waals surface area (Å²) in [6.07, 6.45) is 1.50. The maximum atomic E-state index is 8.83. The molecule has 1 aromatic heterocycles. The van der Waals surface area contributed by atoms with E-state index in [0.717, 1.165) is 22.8 Å². The van der Waals surface area contributed by atoms with Gasteiger partial charge in [-0.05, 0) is 42.0 Å². The highest BCUT2D eigenvalue weighted by atomic mass is 16.5. The largest absolute Gasteiger partial charge is 0.497 e. The first-order valence-electron chi connectivity index (χ1n) is 7.73. The molecular weight excluding hydrogens is 314 g/mol. The summed E-state index contributed by atoms with van der Waals surface area (Å²) in [6, 6.07) is 19.0. The van der Waals surface area contributed by atoms with Crippen LogP contribution in [0.1, 0.15) is 11.1 Å². The quantitative estimate of drug-likeness (QED) is 0.716. The molecule has 0 aliphatic rings. The van der Waals surface area contributed by atoms with Crippen LogP contribution in [-0.4, -0.2) is 17.1 Å². The lowest BCUT2D eigenvalue weighted by Crippen LogP contribution is -2.03. The Balaban J connectivity index is 1.63. The summed E-state index contributed by atoms with van der Waals surface area (Å²) in [5.74, 6) is 2.23. The first-order valence-corrected chi connectivity index (χ1v) is 7.73. The number of nitriles is 1. The molecule has 0 saturated carbocycles. The number of aromatic nitrogens is 2. The van der Waals surface area contributed by atoms with Crippen LogP contribution in [0.25, 0.3) is 0 Å². The molecule has 0 spiro atoms. The van der Waals surface area contributed by atoms with E-state index in [1.54, 1.807) is 19.2 Å². The third-order valence-corrected chi connectivity index (χ3v) is 3.59. The number of rotatable bonds is 6. The molecule has 0 amide bonds. The highest BCUT2D eigenvalue weighted by Crippen LogP contribution is 2.18. The lowest BCUT2D eigenvalue weighted by atomic mass is 10.2. The second-order valence-corrected chi connectivity index (χ2v) is 5.30. The van der Waals surface area contributed by atoms with Gasteiger partial charge in [0, 0.05) is 18.3 Å². The fourth-order valence-electron chi connectivity index (χ4n) is 2.23. The van der Waals surface area contributed by atoms with Crippen molar-refractivity contribution < 1.29 is 4.74 Å². The number of benzene rings is 2. The fraction of sp³-hybridized carbons (Fsp3) is 0.105. The van der Waals surface area contributed by atoms with Gasteiger partial charge in [0.25, 0.3) is 0 Å². The smallest absolute Gasteiger partial charge is 0.135 e. The van der Waals surface area contributed by atoms with Crippen molar-refractivity contribution in [1.29, 1.82) is 5.26 Å². The Morgan fingerprint density at radius 1 is 1.00 bits per heavy atom. The number of methoxy groups -OCH3 is 1. The minimum Gasteiger partial charge on any atom is -0.497 e. The Morgan fingerprint density at radius 3 is 2.40 bits per heavy atom. The SMILES string of the molecule is COc1ccc(CNc2cc(Nc3ccc(C#N)cc3)ncn2)cc1. The lowest BCUT2D eigenvalue weighted by molar-refractivity contribution is 0.414. The molecule has 0 atom stereocenters. The molecule has 0 saturated heterocycles. The van der Waals surface area contributed by atoms with E-state index in [4.69, 9.17) is 10.00 Å². The molecule has 0 unspecified atom stereocenters. The van der Waals surface area contributed by atoms with E-state index in [-0.39, 0.29) is 0 Å². The van der Waals surface area contributed by atoms with E-state index in [1.165, 1.54) is 6.33 Å². The van der Waals surface area contributed by atoms with E-state index in [1.807, 2.05) is 42.5 Å². The number of anilines is 3. The predicted molar refractivity (Wildman–Crippen MR) is 96.8 cm³/mol. The maximum absolute atomic E-state index is 8.83. The monoisotopic (exact) mass is 331 g/mol. The summed E-state index contributed by atoms with van der Waals surface area (Å²) in [5, 5.41) is 15.3. The zero-order valence-electron chi connectivity index (χ0n) is 13.7. The van der Waals surface area contributed by atoms with Crippen LogP contribution in [0.15, 0.2) is 60.9 Å². The average molecular weight is 331 g/mol. The molecule has 6 heteroatoms. The number of ether oxygens (including phenoxy) is 1. The van der Waals surface area contributed by atoms with E-state index in [0.29, 0.717) is 17.9 Å². The van der Waals surface area contributed by atoms with Crippen LogP contribution in [-0.2, 0) is 6.54 Å². The number of nitrogens with one attached hydrogen (secondary N) is 2. The molecule has 0 radical (unpaired) electrons. The van der Waals surface area contributed by atoms with Gasteiger partial charge in [0.1, 0.15) is 23.7 Å². The topological polar surface area (TPSA) is 82.9 Å². The summed E-state index contributed by atoms with van der Waals surface area (Å²) < 4.78 is 5.15. The number of hydrogen-bond acceptors (Lipinski definition) is 6. The van der Waals surface area contributed by atoms with Gasteiger partial charge in [0.05, 0.1) is 18.7 Å². The van der Waals surface area contributed by atoms with Gasteiger partial charge in [0.15, 0.2) is 0 Å². The first-order chi connectivity index (χ1) is 12.3. The van der Waals surface area contributed by atoms with Gasteiger partial charge in [-0.15, -0.1) is 0 Å². The van der Waals surface area contributed by atoms with Crippen molar-refractivity contribution in [1.82, 2.24) is 9.97 Å². The summed E-state index contributed by atoms with van der Waals surface area (Å²) >= 11 is 0. The van der Waals surface area contributed by atoms with Gasteiger partial charge in [-0.1, -0.05) is 12.1 Å². The second kappa shape index (κ2) is 7.79. The van der Waals surface area contributed by atoms with Crippen molar-refractivity contribution in [2.75, 3.05) is 17.7 Å². The highest BCUT2D eigenvalue weighted by Gasteiger charge is 2.01. The Bertz CT molecular complexity index is 870. The Kier molecular flexibility index (Phi) is 5.07. The molecule has 0 bridgehead atoms. The minimum absolute atomic E-state index is 0.620. The van der Waals surface area contributed by atoms with Gasteiger partial charge < -0.3 is 15.4 Å². The molecule has 0 aliphatic carbocycles. The van der Waals surface area contributed by atoms with Crippen molar-refractivity contribution in [3.63, 3.8) is 0 Å². The minimum atomic E-state index is 0.620. The fourth-order valence-corrected chi connectivity index (χ4v) is 2.23. The Hall–Kier alpha value is -3.59. The van der Waals surface area contributed by atoms with Crippen LogP contribution < -0.4 is 15.4 Å². The van der Waals surface area contributed by atoms with Crippen LogP contribution >= 0.6 is 0 Å². The third kappa shape index (κ3) is 4.45. The standard InChI is InChI=1S/C19H17N5O/c1-25-17-8-4-15(5-9-17)12-21-18-10-19(23-13-22-18)24-16-6-2-14(11-20)3-7-16/h2-10,13H,12H2,1H3,(H2,21,22,23,24). The molecule has 0 aliphatic heterocycles. The number of nitrogens with zero attached hydrogens (tertiary/aromatic N) is 3. The molecule has 6 nitrogen and oxygen atoms in total. The third-order valence-electron chi connectivity index (χ3n) is 3.59. The molecule has 3 rings (SSSR count). The van der Waals surface area contributed by atoms with E-state index in [2.05, 4.69) is 26.7 Å². The van der Waals surface area contributed by atoms with Crippen molar-refractivity contribution >= 4 is 17.3 Å². The highest BCUT2D eigenvalue weighted by molar-refractivity contribution is 5.59. The van der Waals surface area contributed by atoms with Crippen molar-refractivity contribution in [2.45, 2.75) is 6.54 Å². The van der Waals surface area contributed by atoms with E-state index in [9.17, 15) is 0 Å². The van der Waals surface area contributed by atoms with Gasteiger partial charge in [-0.2, -0.15) is 5.26 Å². The number of hydrogen-bond donors (Lipinski definition) is 2. The van der Waals surface area contributed by atoms with Crippen LogP contribution in [0.4, 0.5) is 17.3 Å². The molecule has 1 heterocycles.